The van der Waals surface area contributed by atoms with E-state index in [0.29, 0.717) is 13.1 Å². The van der Waals surface area contributed by atoms with Crippen molar-refractivity contribution in [3.8, 4) is 0 Å². The van der Waals surface area contributed by atoms with Gasteiger partial charge in [0.05, 0.1) is 11.6 Å². The van der Waals surface area contributed by atoms with E-state index in [-0.39, 0.29) is 17.4 Å². The van der Waals surface area contributed by atoms with Gasteiger partial charge in [-0.05, 0) is 57.3 Å². The number of carbonyl (C=O) groups excluding carboxylic acids is 1. The number of fused-ring (bicyclic) bond motifs is 1. The molecule has 2 aromatic rings. The van der Waals surface area contributed by atoms with Crippen molar-refractivity contribution in [2.24, 2.45) is 0 Å². The van der Waals surface area contributed by atoms with Crippen LogP contribution in [0.2, 0.25) is 5.28 Å². The number of halogens is 1. The maximum Gasteiger partial charge on any atom is 0.410 e. The van der Waals surface area contributed by atoms with Gasteiger partial charge in [-0.25, -0.2) is 9.78 Å². The first-order chi connectivity index (χ1) is 13.8. The number of carbonyl (C=O) groups is 1. The van der Waals surface area contributed by atoms with Gasteiger partial charge in [0, 0.05) is 25.0 Å². The predicted molar refractivity (Wildman–Crippen MR) is 118 cm³/mol. The Labute approximate surface area is 178 Å². The van der Waals surface area contributed by atoms with Crippen molar-refractivity contribution >= 4 is 34.4 Å². The molecule has 6 nitrogen and oxygen atoms in total. The number of rotatable bonds is 6. The number of aromatic nitrogens is 2. The standard InChI is InChI=1S/C22H31ClN4O2/c1-5-6-9-13-27(21(28)29-22(2,3)4)16-12-14-26(15-16)19-17-10-7-8-11-18(17)24-20(23)25-19/h7-8,10-11,16H,5-6,9,12-15H2,1-4H3/t16-/m0/s1. The molecule has 0 bridgehead atoms. The number of anilines is 1. The summed E-state index contributed by atoms with van der Waals surface area (Å²) in [5.74, 6) is 0.834. The van der Waals surface area contributed by atoms with Gasteiger partial charge in [0.15, 0.2) is 0 Å². The number of hydrogen-bond acceptors (Lipinski definition) is 5. The fourth-order valence-corrected chi connectivity index (χ4v) is 3.91. The van der Waals surface area contributed by atoms with Crippen LogP contribution in [0.15, 0.2) is 24.3 Å². The third kappa shape index (κ3) is 5.50. The average molecular weight is 419 g/mol. The van der Waals surface area contributed by atoms with Crippen LogP contribution in [0.5, 0.6) is 0 Å². The summed E-state index contributed by atoms with van der Waals surface area (Å²) in [4.78, 5) is 25.8. The Morgan fingerprint density at radius 1 is 1.28 bits per heavy atom. The molecule has 7 heteroatoms. The summed E-state index contributed by atoms with van der Waals surface area (Å²) >= 11 is 6.18. The fraction of sp³-hybridized carbons (Fsp3) is 0.591. The average Bonchev–Trinajstić information content (AvgIpc) is 3.12. The number of amides is 1. The molecule has 3 rings (SSSR count). The minimum absolute atomic E-state index is 0.0919. The highest BCUT2D eigenvalue weighted by Crippen LogP contribution is 2.30. The van der Waals surface area contributed by atoms with Gasteiger partial charge < -0.3 is 14.5 Å². The van der Waals surface area contributed by atoms with Crippen LogP contribution >= 0.6 is 11.6 Å². The van der Waals surface area contributed by atoms with Crippen molar-refractivity contribution in [3.63, 3.8) is 0 Å². The van der Waals surface area contributed by atoms with E-state index in [1.807, 2.05) is 49.9 Å². The molecule has 1 atom stereocenters. The van der Waals surface area contributed by atoms with Crippen LogP contribution < -0.4 is 4.90 Å². The van der Waals surface area contributed by atoms with Crippen molar-refractivity contribution < 1.29 is 9.53 Å². The molecule has 0 radical (unpaired) electrons. The Balaban J connectivity index is 1.80. The molecule has 0 unspecified atom stereocenters. The van der Waals surface area contributed by atoms with Gasteiger partial charge in [-0.1, -0.05) is 31.9 Å². The third-order valence-electron chi connectivity index (χ3n) is 5.09. The molecule has 1 amide bonds. The SMILES string of the molecule is CCCCCN(C(=O)OC(C)(C)C)[C@H]1CCN(c2nc(Cl)nc3ccccc23)C1. The quantitative estimate of drug-likeness (QED) is 0.471. The van der Waals surface area contributed by atoms with Gasteiger partial charge in [0.2, 0.25) is 5.28 Å². The number of ether oxygens (including phenoxy) is 1. The lowest BCUT2D eigenvalue weighted by atomic mass is 10.2. The summed E-state index contributed by atoms with van der Waals surface area (Å²) in [6, 6.07) is 7.97. The van der Waals surface area contributed by atoms with Crippen LogP contribution in [-0.4, -0.2) is 52.2 Å². The van der Waals surface area contributed by atoms with Crippen molar-refractivity contribution in [2.75, 3.05) is 24.5 Å². The Morgan fingerprint density at radius 3 is 2.76 bits per heavy atom. The van der Waals surface area contributed by atoms with E-state index in [1.54, 1.807) is 0 Å². The highest BCUT2D eigenvalue weighted by Gasteiger charge is 2.34. The lowest BCUT2D eigenvalue weighted by molar-refractivity contribution is 0.0174. The molecule has 158 valence electrons. The normalized spacial score (nSPS) is 17.0. The predicted octanol–water partition coefficient (Wildman–Crippen LogP) is 5.29. The fourth-order valence-electron chi connectivity index (χ4n) is 3.74. The van der Waals surface area contributed by atoms with E-state index >= 15 is 0 Å². The third-order valence-corrected chi connectivity index (χ3v) is 5.26. The van der Waals surface area contributed by atoms with Crippen LogP contribution in [0.1, 0.15) is 53.4 Å². The molecule has 29 heavy (non-hydrogen) atoms. The second-order valence-corrected chi connectivity index (χ2v) is 8.94. The first-order valence-corrected chi connectivity index (χ1v) is 10.8. The number of hydrogen-bond donors (Lipinski definition) is 0. The molecule has 1 aliphatic heterocycles. The largest absolute Gasteiger partial charge is 0.444 e. The summed E-state index contributed by atoms with van der Waals surface area (Å²) in [5.41, 5.74) is 0.326. The minimum atomic E-state index is -0.505. The molecule has 0 N–H and O–H groups in total. The first-order valence-electron chi connectivity index (χ1n) is 10.5. The van der Waals surface area contributed by atoms with Crippen LogP contribution in [0.25, 0.3) is 10.9 Å². The van der Waals surface area contributed by atoms with E-state index in [1.165, 1.54) is 0 Å². The Kier molecular flexibility index (Phi) is 6.83. The molecule has 2 heterocycles. The number of para-hydroxylation sites is 1. The molecule has 1 saturated heterocycles. The lowest BCUT2D eigenvalue weighted by Crippen LogP contribution is -2.45. The molecule has 0 aliphatic carbocycles. The van der Waals surface area contributed by atoms with E-state index in [0.717, 1.165) is 48.9 Å². The van der Waals surface area contributed by atoms with E-state index in [2.05, 4.69) is 21.8 Å². The Hall–Kier alpha value is -2.08. The first kappa shape index (κ1) is 21.6. The van der Waals surface area contributed by atoms with Crippen LogP contribution in [-0.2, 0) is 4.74 Å². The smallest absolute Gasteiger partial charge is 0.410 e. The van der Waals surface area contributed by atoms with E-state index in [9.17, 15) is 4.79 Å². The van der Waals surface area contributed by atoms with Crippen molar-refractivity contribution in [2.45, 2.75) is 65.0 Å². The van der Waals surface area contributed by atoms with Gasteiger partial charge >= 0.3 is 6.09 Å². The zero-order chi connectivity index (χ0) is 21.0. The molecule has 1 aromatic carbocycles. The summed E-state index contributed by atoms with van der Waals surface area (Å²) in [5, 5.41) is 1.22. The molecular formula is C22H31ClN4O2. The number of unbranched alkanes of at least 4 members (excludes halogenated alkanes) is 2. The van der Waals surface area contributed by atoms with Gasteiger partial charge in [0.1, 0.15) is 11.4 Å². The maximum absolute atomic E-state index is 12.9. The van der Waals surface area contributed by atoms with Crippen LogP contribution in [0.3, 0.4) is 0 Å². The van der Waals surface area contributed by atoms with Crippen molar-refractivity contribution in [1.29, 1.82) is 0 Å². The van der Waals surface area contributed by atoms with Gasteiger partial charge in [-0.15, -0.1) is 0 Å². The maximum atomic E-state index is 12.9. The second-order valence-electron chi connectivity index (χ2n) is 8.60. The van der Waals surface area contributed by atoms with E-state index in [4.69, 9.17) is 16.3 Å². The lowest BCUT2D eigenvalue weighted by Gasteiger charge is -2.32. The molecule has 1 aliphatic rings. The number of benzene rings is 1. The monoisotopic (exact) mass is 418 g/mol. The Bertz CT molecular complexity index is 852. The summed E-state index contributed by atoms with van der Waals surface area (Å²) in [6.07, 6.45) is 3.84. The van der Waals surface area contributed by atoms with Crippen molar-refractivity contribution in [3.05, 3.63) is 29.5 Å². The summed E-state index contributed by atoms with van der Waals surface area (Å²) in [7, 11) is 0. The van der Waals surface area contributed by atoms with Crippen LogP contribution in [0, 0.1) is 0 Å². The highest BCUT2D eigenvalue weighted by atomic mass is 35.5. The number of nitrogens with zero attached hydrogens (tertiary/aromatic N) is 4. The molecular weight excluding hydrogens is 388 g/mol. The molecule has 1 fully saturated rings. The molecule has 1 aromatic heterocycles. The highest BCUT2D eigenvalue weighted by molar-refractivity contribution is 6.28. The zero-order valence-corrected chi connectivity index (χ0v) is 18.6. The zero-order valence-electron chi connectivity index (χ0n) is 17.8. The topological polar surface area (TPSA) is 58.6 Å². The van der Waals surface area contributed by atoms with E-state index < -0.39 is 5.60 Å². The van der Waals surface area contributed by atoms with Crippen molar-refractivity contribution in [1.82, 2.24) is 14.9 Å². The Morgan fingerprint density at radius 2 is 2.03 bits per heavy atom. The van der Waals surface area contributed by atoms with Gasteiger partial charge in [-0.3, -0.25) is 0 Å². The summed E-state index contributed by atoms with van der Waals surface area (Å²) in [6.45, 7) is 10.1. The minimum Gasteiger partial charge on any atom is -0.444 e. The second kappa shape index (κ2) is 9.16. The van der Waals surface area contributed by atoms with Gasteiger partial charge in [0.25, 0.3) is 0 Å². The molecule has 0 spiro atoms. The summed E-state index contributed by atoms with van der Waals surface area (Å²) < 4.78 is 5.70. The van der Waals surface area contributed by atoms with Crippen LogP contribution in [0.4, 0.5) is 10.6 Å². The van der Waals surface area contributed by atoms with Gasteiger partial charge in [-0.2, -0.15) is 4.98 Å². The molecule has 0 saturated carbocycles.